The first-order chi connectivity index (χ1) is 8.35. The number of halogens is 1. The van der Waals surface area contributed by atoms with Gasteiger partial charge in [0.1, 0.15) is 5.82 Å². The summed E-state index contributed by atoms with van der Waals surface area (Å²) in [5.74, 6) is 1.73. The van der Waals surface area contributed by atoms with Crippen LogP contribution in [0, 0.1) is 3.57 Å². The first kappa shape index (κ1) is 15.5. The molecule has 5 heteroatoms. The van der Waals surface area contributed by atoms with E-state index < -0.39 is 0 Å². The third-order valence-corrected chi connectivity index (χ3v) is 3.85. The van der Waals surface area contributed by atoms with Crippen molar-refractivity contribution in [3.63, 3.8) is 0 Å². The number of anilines is 2. The normalized spacial score (nSPS) is 11.5. The van der Waals surface area contributed by atoms with Gasteiger partial charge in [-0.25, -0.2) is 4.98 Å². The van der Waals surface area contributed by atoms with Crippen LogP contribution < -0.4 is 10.2 Å². The van der Waals surface area contributed by atoms with Crippen LogP contribution in [0.1, 0.15) is 40.3 Å². The molecule has 0 radical (unpaired) electrons. The number of aromatic nitrogens is 2. The Bertz CT molecular complexity index is 408. The van der Waals surface area contributed by atoms with Gasteiger partial charge in [0, 0.05) is 25.6 Å². The third-order valence-electron chi connectivity index (χ3n) is 2.83. The standard InChI is InChI=1S/C13H23IN4/c1-7-18(8-2)12-16-10(13(3,4)5)9(14)11(15-6)17-12/h7-8H2,1-6H3,(H,15,16,17). The number of hydrogen-bond acceptors (Lipinski definition) is 4. The van der Waals surface area contributed by atoms with Crippen molar-refractivity contribution in [1.29, 1.82) is 0 Å². The molecule has 0 fully saturated rings. The Balaban J connectivity index is 3.39. The maximum Gasteiger partial charge on any atom is 0.227 e. The predicted octanol–water partition coefficient (Wildman–Crippen LogP) is 3.27. The third kappa shape index (κ3) is 3.24. The van der Waals surface area contributed by atoms with Crippen LogP contribution in [-0.2, 0) is 5.41 Å². The predicted molar refractivity (Wildman–Crippen MR) is 86.6 cm³/mol. The molecule has 1 aromatic heterocycles. The lowest BCUT2D eigenvalue weighted by molar-refractivity contribution is 0.561. The molecule has 0 aromatic carbocycles. The highest BCUT2D eigenvalue weighted by molar-refractivity contribution is 14.1. The molecule has 0 unspecified atom stereocenters. The molecule has 0 aliphatic heterocycles. The Hall–Kier alpha value is -0.590. The minimum Gasteiger partial charge on any atom is -0.372 e. The average Bonchev–Trinajstić information content (AvgIpc) is 2.30. The minimum atomic E-state index is 0.0208. The van der Waals surface area contributed by atoms with Gasteiger partial charge in [-0.05, 0) is 36.4 Å². The molecular weight excluding hydrogens is 339 g/mol. The monoisotopic (exact) mass is 362 g/mol. The summed E-state index contributed by atoms with van der Waals surface area (Å²) >= 11 is 2.32. The summed E-state index contributed by atoms with van der Waals surface area (Å²) in [6.45, 7) is 12.6. The van der Waals surface area contributed by atoms with Gasteiger partial charge in [0.25, 0.3) is 0 Å². The molecule has 1 heterocycles. The molecular formula is C13H23IN4. The molecule has 1 aromatic rings. The van der Waals surface area contributed by atoms with E-state index in [1.807, 2.05) is 7.05 Å². The molecule has 0 saturated carbocycles. The van der Waals surface area contributed by atoms with E-state index in [0.29, 0.717) is 0 Å². The van der Waals surface area contributed by atoms with Gasteiger partial charge >= 0.3 is 0 Å². The van der Waals surface area contributed by atoms with Crippen LogP contribution in [0.5, 0.6) is 0 Å². The Kier molecular flexibility index (Phi) is 5.19. The van der Waals surface area contributed by atoms with Crippen molar-refractivity contribution in [2.24, 2.45) is 0 Å². The van der Waals surface area contributed by atoms with Crippen LogP contribution >= 0.6 is 22.6 Å². The molecule has 0 atom stereocenters. The minimum absolute atomic E-state index is 0.0208. The van der Waals surface area contributed by atoms with Crippen LogP contribution in [0.3, 0.4) is 0 Å². The quantitative estimate of drug-likeness (QED) is 0.835. The van der Waals surface area contributed by atoms with E-state index in [4.69, 9.17) is 4.98 Å². The fraction of sp³-hybridized carbons (Fsp3) is 0.692. The summed E-state index contributed by atoms with van der Waals surface area (Å²) in [7, 11) is 1.91. The van der Waals surface area contributed by atoms with E-state index in [9.17, 15) is 0 Å². The Morgan fingerprint density at radius 1 is 1.17 bits per heavy atom. The molecule has 1 rings (SSSR count). The maximum atomic E-state index is 4.76. The average molecular weight is 362 g/mol. The zero-order chi connectivity index (χ0) is 13.9. The van der Waals surface area contributed by atoms with Crippen LogP contribution in [-0.4, -0.2) is 30.1 Å². The van der Waals surface area contributed by atoms with E-state index >= 15 is 0 Å². The highest BCUT2D eigenvalue weighted by Crippen LogP contribution is 2.30. The fourth-order valence-electron chi connectivity index (χ4n) is 1.75. The van der Waals surface area contributed by atoms with Gasteiger partial charge in [0.15, 0.2) is 0 Å². The summed E-state index contributed by atoms with van der Waals surface area (Å²) in [4.78, 5) is 11.5. The van der Waals surface area contributed by atoms with Gasteiger partial charge in [-0.15, -0.1) is 0 Å². The van der Waals surface area contributed by atoms with Gasteiger partial charge in [-0.2, -0.15) is 4.98 Å². The summed E-state index contributed by atoms with van der Waals surface area (Å²) in [6, 6.07) is 0. The van der Waals surface area contributed by atoms with Crippen molar-refractivity contribution in [2.45, 2.75) is 40.0 Å². The molecule has 18 heavy (non-hydrogen) atoms. The summed E-state index contributed by atoms with van der Waals surface area (Å²) in [5, 5.41) is 3.17. The van der Waals surface area contributed by atoms with Crippen molar-refractivity contribution in [3.8, 4) is 0 Å². The van der Waals surface area contributed by atoms with Gasteiger partial charge in [-0.3, -0.25) is 0 Å². The van der Waals surface area contributed by atoms with Crippen molar-refractivity contribution in [2.75, 3.05) is 30.4 Å². The first-order valence-corrected chi connectivity index (χ1v) is 7.43. The fourth-order valence-corrected chi connectivity index (χ4v) is 3.07. The number of nitrogens with one attached hydrogen (secondary N) is 1. The van der Waals surface area contributed by atoms with Gasteiger partial charge in [-0.1, -0.05) is 20.8 Å². The molecule has 0 aliphatic rings. The van der Waals surface area contributed by atoms with Crippen molar-refractivity contribution < 1.29 is 0 Å². The molecule has 4 nitrogen and oxygen atoms in total. The highest BCUT2D eigenvalue weighted by Gasteiger charge is 2.23. The Labute approximate surface area is 124 Å². The molecule has 0 aliphatic carbocycles. The van der Waals surface area contributed by atoms with Gasteiger partial charge in [0.05, 0.1) is 9.26 Å². The van der Waals surface area contributed by atoms with Crippen LogP contribution in [0.25, 0.3) is 0 Å². The number of hydrogen-bond donors (Lipinski definition) is 1. The maximum absolute atomic E-state index is 4.76. The number of rotatable bonds is 4. The zero-order valence-electron chi connectivity index (χ0n) is 12.1. The van der Waals surface area contributed by atoms with E-state index in [-0.39, 0.29) is 5.41 Å². The zero-order valence-corrected chi connectivity index (χ0v) is 14.3. The second-order valence-corrected chi connectivity index (χ2v) is 6.29. The summed E-state index contributed by atoms with van der Waals surface area (Å²) in [5.41, 5.74) is 1.12. The van der Waals surface area contributed by atoms with Crippen LogP contribution in [0.4, 0.5) is 11.8 Å². The molecule has 0 saturated heterocycles. The van der Waals surface area contributed by atoms with Crippen LogP contribution in [0.15, 0.2) is 0 Å². The Morgan fingerprint density at radius 3 is 2.11 bits per heavy atom. The molecule has 0 amide bonds. The topological polar surface area (TPSA) is 41.1 Å². The molecule has 0 spiro atoms. The smallest absolute Gasteiger partial charge is 0.227 e. The van der Waals surface area contributed by atoms with E-state index in [0.717, 1.165) is 34.1 Å². The molecule has 102 valence electrons. The largest absolute Gasteiger partial charge is 0.372 e. The highest BCUT2D eigenvalue weighted by atomic mass is 127. The SMILES string of the molecule is CCN(CC)c1nc(NC)c(I)c(C(C)(C)C)n1. The van der Waals surface area contributed by atoms with Crippen LogP contribution in [0.2, 0.25) is 0 Å². The molecule has 1 N–H and O–H groups in total. The van der Waals surface area contributed by atoms with Crippen molar-refractivity contribution in [1.82, 2.24) is 9.97 Å². The summed E-state index contributed by atoms with van der Waals surface area (Å²) < 4.78 is 1.11. The van der Waals surface area contributed by atoms with Gasteiger partial charge < -0.3 is 10.2 Å². The lowest BCUT2D eigenvalue weighted by atomic mass is 9.92. The van der Waals surface area contributed by atoms with E-state index in [1.54, 1.807) is 0 Å². The lowest BCUT2D eigenvalue weighted by Crippen LogP contribution is -2.27. The second-order valence-electron chi connectivity index (χ2n) is 5.21. The molecule has 0 bridgehead atoms. The van der Waals surface area contributed by atoms with E-state index in [1.165, 1.54) is 0 Å². The lowest BCUT2D eigenvalue weighted by Gasteiger charge is -2.25. The van der Waals surface area contributed by atoms with Crippen molar-refractivity contribution >= 4 is 34.4 Å². The van der Waals surface area contributed by atoms with Crippen molar-refractivity contribution in [3.05, 3.63) is 9.26 Å². The second kappa shape index (κ2) is 6.04. The Morgan fingerprint density at radius 2 is 1.72 bits per heavy atom. The van der Waals surface area contributed by atoms with E-state index in [2.05, 4.69) is 72.4 Å². The number of nitrogens with zero attached hydrogens (tertiary/aromatic N) is 3. The summed E-state index contributed by atoms with van der Waals surface area (Å²) in [6.07, 6.45) is 0. The van der Waals surface area contributed by atoms with Gasteiger partial charge in [0.2, 0.25) is 5.95 Å². The first-order valence-electron chi connectivity index (χ1n) is 6.35.